The zero-order chi connectivity index (χ0) is 18.8. The van der Waals surface area contributed by atoms with Gasteiger partial charge in [0.1, 0.15) is 5.01 Å². The first kappa shape index (κ1) is 23.8. The molecule has 0 spiro atoms. The van der Waals surface area contributed by atoms with Crippen molar-refractivity contribution in [2.75, 3.05) is 19.7 Å². The summed E-state index contributed by atoms with van der Waals surface area (Å²) in [6, 6.07) is 9.92. The Labute approximate surface area is 182 Å². The number of hydrogen-bond acceptors (Lipinski definition) is 5. The van der Waals surface area contributed by atoms with Crippen LogP contribution in [0.3, 0.4) is 0 Å². The van der Waals surface area contributed by atoms with Gasteiger partial charge in [0.15, 0.2) is 5.96 Å². The first-order valence-electron chi connectivity index (χ1n) is 8.83. The average Bonchev–Trinajstić information content (AvgIpc) is 2.96. The molecule has 0 radical (unpaired) electrons. The lowest BCUT2D eigenvalue weighted by atomic mass is 10.2. The lowest BCUT2D eigenvalue weighted by Crippen LogP contribution is -2.42. The molecule has 0 saturated heterocycles. The Morgan fingerprint density at radius 2 is 2.00 bits per heavy atom. The molecule has 0 aliphatic carbocycles. The van der Waals surface area contributed by atoms with E-state index in [1.807, 2.05) is 44.2 Å². The predicted octanol–water partition coefficient (Wildman–Crippen LogP) is 3.01. The van der Waals surface area contributed by atoms with Gasteiger partial charge in [0, 0.05) is 18.0 Å². The number of aryl methyl sites for hydroxylation is 2. The molecule has 2 rings (SSSR count). The van der Waals surface area contributed by atoms with Crippen LogP contribution in [0.4, 0.5) is 0 Å². The van der Waals surface area contributed by atoms with E-state index in [9.17, 15) is 5.11 Å². The Kier molecular flexibility index (Phi) is 11.5. The normalized spacial score (nSPS) is 12.4. The van der Waals surface area contributed by atoms with E-state index < -0.39 is 6.10 Å². The number of nitrogens with one attached hydrogen (secondary N) is 2. The zero-order valence-electron chi connectivity index (χ0n) is 16.1. The summed E-state index contributed by atoms with van der Waals surface area (Å²) in [6.45, 7) is 8.49. The second-order valence-corrected chi connectivity index (χ2v) is 7.27. The number of aromatic nitrogens is 1. The van der Waals surface area contributed by atoms with Crippen molar-refractivity contribution < 1.29 is 9.84 Å². The van der Waals surface area contributed by atoms with E-state index in [0.717, 1.165) is 22.8 Å². The molecule has 0 amide bonds. The van der Waals surface area contributed by atoms with Crippen LogP contribution < -0.4 is 10.6 Å². The molecule has 0 aliphatic rings. The number of halogens is 1. The first-order chi connectivity index (χ1) is 12.6. The van der Waals surface area contributed by atoms with E-state index in [1.165, 1.54) is 4.88 Å². The summed E-state index contributed by atoms with van der Waals surface area (Å²) in [7, 11) is 0. The van der Waals surface area contributed by atoms with E-state index in [0.29, 0.717) is 25.7 Å². The van der Waals surface area contributed by atoms with E-state index in [2.05, 4.69) is 27.5 Å². The van der Waals surface area contributed by atoms with Gasteiger partial charge in [-0.2, -0.15) is 0 Å². The van der Waals surface area contributed by atoms with Crippen molar-refractivity contribution in [1.29, 1.82) is 0 Å². The van der Waals surface area contributed by atoms with Gasteiger partial charge in [-0.05, 0) is 26.3 Å². The highest BCUT2D eigenvalue weighted by molar-refractivity contribution is 14.0. The van der Waals surface area contributed by atoms with Gasteiger partial charge in [-0.1, -0.05) is 30.3 Å². The topological polar surface area (TPSA) is 78.8 Å². The summed E-state index contributed by atoms with van der Waals surface area (Å²) in [5.74, 6) is 0.667. The Hall–Kier alpha value is -1.23. The van der Waals surface area contributed by atoms with Crippen molar-refractivity contribution in [3.8, 4) is 0 Å². The molecule has 0 bridgehead atoms. The molecule has 1 aromatic heterocycles. The van der Waals surface area contributed by atoms with Crippen molar-refractivity contribution in [3.05, 3.63) is 51.5 Å². The minimum Gasteiger partial charge on any atom is -0.389 e. The van der Waals surface area contributed by atoms with Crippen molar-refractivity contribution in [2.45, 2.75) is 40.0 Å². The van der Waals surface area contributed by atoms with Crippen LogP contribution in [0, 0.1) is 13.8 Å². The van der Waals surface area contributed by atoms with Gasteiger partial charge in [0.2, 0.25) is 0 Å². The lowest BCUT2D eigenvalue weighted by Gasteiger charge is -2.15. The third-order valence-electron chi connectivity index (χ3n) is 3.72. The number of aliphatic hydroxyl groups excluding tert-OH is 1. The standard InChI is InChI=1S/C19H28N4O2S.HI/c1-4-20-19(22-11-18-23-14(2)15(3)26-18)21-10-17(24)13-25-12-16-8-6-5-7-9-16;/h5-9,17,24H,4,10-13H2,1-3H3,(H2,20,21,22);1H. The van der Waals surface area contributed by atoms with Gasteiger partial charge in [0.25, 0.3) is 0 Å². The van der Waals surface area contributed by atoms with Crippen LogP contribution >= 0.6 is 35.3 Å². The quantitative estimate of drug-likeness (QED) is 0.278. The molecule has 1 heterocycles. The maximum Gasteiger partial charge on any atom is 0.191 e. The first-order valence-corrected chi connectivity index (χ1v) is 9.65. The van der Waals surface area contributed by atoms with Crippen LogP contribution in [0.25, 0.3) is 0 Å². The number of aliphatic imine (C=N–C) groups is 1. The highest BCUT2D eigenvalue weighted by Gasteiger charge is 2.07. The number of aliphatic hydroxyl groups is 1. The molecule has 0 fully saturated rings. The highest BCUT2D eigenvalue weighted by atomic mass is 127. The number of nitrogens with zero attached hydrogens (tertiary/aromatic N) is 2. The molecule has 1 atom stereocenters. The van der Waals surface area contributed by atoms with Gasteiger partial charge in [-0.25, -0.2) is 9.98 Å². The Morgan fingerprint density at radius 3 is 2.63 bits per heavy atom. The second kappa shape index (κ2) is 13.0. The van der Waals surface area contributed by atoms with E-state index in [1.54, 1.807) is 11.3 Å². The minimum absolute atomic E-state index is 0. The van der Waals surface area contributed by atoms with Gasteiger partial charge in [-0.3, -0.25) is 0 Å². The van der Waals surface area contributed by atoms with Crippen molar-refractivity contribution >= 4 is 41.3 Å². The van der Waals surface area contributed by atoms with Crippen molar-refractivity contribution in [3.63, 3.8) is 0 Å². The van der Waals surface area contributed by atoms with Gasteiger partial charge >= 0.3 is 0 Å². The molecule has 0 aliphatic heterocycles. The van der Waals surface area contributed by atoms with Crippen LogP contribution in [0.1, 0.15) is 28.1 Å². The summed E-state index contributed by atoms with van der Waals surface area (Å²) >= 11 is 1.66. The smallest absolute Gasteiger partial charge is 0.191 e. The van der Waals surface area contributed by atoms with E-state index >= 15 is 0 Å². The number of ether oxygens (including phenoxy) is 1. The monoisotopic (exact) mass is 504 g/mol. The van der Waals surface area contributed by atoms with Crippen LogP contribution in [-0.2, 0) is 17.9 Å². The van der Waals surface area contributed by atoms with Crippen LogP contribution in [0.2, 0.25) is 0 Å². The summed E-state index contributed by atoms with van der Waals surface area (Å²) < 4.78 is 5.56. The summed E-state index contributed by atoms with van der Waals surface area (Å²) in [4.78, 5) is 10.2. The Morgan fingerprint density at radius 1 is 1.26 bits per heavy atom. The van der Waals surface area contributed by atoms with Gasteiger partial charge < -0.3 is 20.5 Å². The van der Waals surface area contributed by atoms with Gasteiger partial charge in [0.05, 0.1) is 31.6 Å². The lowest BCUT2D eigenvalue weighted by molar-refractivity contribution is 0.0308. The molecular weight excluding hydrogens is 475 g/mol. The molecule has 27 heavy (non-hydrogen) atoms. The van der Waals surface area contributed by atoms with Crippen LogP contribution in [-0.4, -0.2) is 41.9 Å². The fraction of sp³-hybridized carbons (Fsp3) is 0.474. The molecule has 2 aromatic rings. The maximum absolute atomic E-state index is 10.1. The number of thiazole rings is 1. The molecule has 150 valence electrons. The largest absolute Gasteiger partial charge is 0.389 e. The summed E-state index contributed by atoms with van der Waals surface area (Å²) in [5, 5.41) is 17.4. The summed E-state index contributed by atoms with van der Waals surface area (Å²) in [5.41, 5.74) is 2.15. The fourth-order valence-electron chi connectivity index (χ4n) is 2.26. The number of benzene rings is 1. The SMILES string of the molecule is CCNC(=NCc1nc(C)c(C)s1)NCC(O)COCc1ccccc1.I. The minimum atomic E-state index is -0.605. The average molecular weight is 504 g/mol. The predicted molar refractivity (Wildman–Crippen MR) is 122 cm³/mol. The van der Waals surface area contributed by atoms with Crippen molar-refractivity contribution in [1.82, 2.24) is 15.6 Å². The highest BCUT2D eigenvalue weighted by Crippen LogP contribution is 2.16. The molecule has 0 saturated carbocycles. The maximum atomic E-state index is 10.1. The van der Waals surface area contributed by atoms with Crippen molar-refractivity contribution in [2.24, 2.45) is 4.99 Å². The third-order valence-corrected chi connectivity index (χ3v) is 4.77. The van der Waals surface area contributed by atoms with Crippen LogP contribution in [0.15, 0.2) is 35.3 Å². The molecular formula is C19H29IN4O2S. The Bertz CT molecular complexity index is 675. The number of hydrogen-bond donors (Lipinski definition) is 3. The molecule has 1 aromatic carbocycles. The molecule has 3 N–H and O–H groups in total. The number of guanidine groups is 1. The zero-order valence-corrected chi connectivity index (χ0v) is 19.2. The fourth-order valence-corrected chi connectivity index (χ4v) is 3.11. The summed E-state index contributed by atoms with van der Waals surface area (Å²) in [6.07, 6.45) is -0.605. The van der Waals surface area contributed by atoms with E-state index in [-0.39, 0.29) is 30.6 Å². The third kappa shape index (κ3) is 9.00. The second-order valence-electron chi connectivity index (χ2n) is 5.98. The molecule has 1 unspecified atom stereocenters. The van der Waals surface area contributed by atoms with Crippen LogP contribution in [0.5, 0.6) is 0 Å². The molecule has 8 heteroatoms. The van der Waals surface area contributed by atoms with Gasteiger partial charge in [-0.15, -0.1) is 35.3 Å². The Balaban J connectivity index is 0.00000364. The number of rotatable bonds is 9. The van der Waals surface area contributed by atoms with E-state index in [4.69, 9.17) is 4.74 Å². The molecule has 6 nitrogen and oxygen atoms in total.